The number of fused-ring (bicyclic) bond motifs is 5. The van der Waals surface area contributed by atoms with E-state index >= 15 is 0 Å². The standard InChI is InChI=1S/C23H22FN7/c1-25-8-15-10-30(11-15)22-7-18-13-29-12-17(16-2-4-19(24)5-3-16)6-20(29)23-28-27-14-31(23)21(18)9-26-22/h2-7,9,12,14-15,25H,8,10-11,13H2,1H3. The lowest BCUT2D eigenvalue weighted by Gasteiger charge is -2.40. The number of aromatic nitrogens is 5. The normalized spacial score (nSPS) is 15.1. The molecule has 1 aromatic carbocycles. The molecule has 3 aromatic heterocycles. The number of nitrogens with zero attached hydrogens (tertiary/aromatic N) is 6. The average Bonchev–Trinajstić information content (AvgIpc) is 3.36. The predicted molar refractivity (Wildman–Crippen MR) is 117 cm³/mol. The summed E-state index contributed by atoms with van der Waals surface area (Å²) in [5.41, 5.74) is 5.15. The summed E-state index contributed by atoms with van der Waals surface area (Å²) >= 11 is 0. The Morgan fingerprint density at radius 2 is 1.97 bits per heavy atom. The van der Waals surface area contributed by atoms with Crippen LogP contribution < -0.4 is 10.2 Å². The van der Waals surface area contributed by atoms with E-state index in [0.29, 0.717) is 12.5 Å². The fourth-order valence-electron chi connectivity index (χ4n) is 4.57. The molecule has 0 amide bonds. The van der Waals surface area contributed by atoms with Crippen molar-refractivity contribution in [3.05, 3.63) is 66.5 Å². The Kier molecular flexibility index (Phi) is 4.14. The molecule has 4 aromatic rings. The molecule has 0 saturated carbocycles. The van der Waals surface area contributed by atoms with Crippen LogP contribution in [-0.4, -0.2) is 51.0 Å². The molecular weight excluding hydrogens is 393 g/mol. The first-order valence-corrected chi connectivity index (χ1v) is 10.4. The summed E-state index contributed by atoms with van der Waals surface area (Å²) in [4.78, 5) is 7.05. The number of rotatable bonds is 4. The molecule has 0 radical (unpaired) electrons. The van der Waals surface area contributed by atoms with Crippen LogP contribution in [0.15, 0.2) is 55.1 Å². The number of pyridine rings is 1. The third-order valence-electron chi connectivity index (χ3n) is 6.18. The zero-order valence-corrected chi connectivity index (χ0v) is 17.2. The van der Waals surface area contributed by atoms with Crippen LogP contribution in [0.1, 0.15) is 5.56 Å². The fourth-order valence-corrected chi connectivity index (χ4v) is 4.57. The second-order valence-electron chi connectivity index (χ2n) is 8.27. The summed E-state index contributed by atoms with van der Waals surface area (Å²) in [5, 5.41) is 11.8. The van der Waals surface area contributed by atoms with Gasteiger partial charge in [-0.05, 0) is 36.9 Å². The van der Waals surface area contributed by atoms with Gasteiger partial charge in [-0.25, -0.2) is 9.37 Å². The van der Waals surface area contributed by atoms with E-state index in [1.54, 1.807) is 18.5 Å². The second-order valence-corrected chi connectivity index (χ2v) is 8.27. The summed E-state index contributed by atoms with van der Waals surface area (Å²) in [5.74, 6) is 2.22. The highest BCUT2D eigenvalue weighted by atomic mass is 19.1. The summed E-state index contributed by atoms with van der Waals surface area (Å²) in [6.07, 6.45) is 5.77. The Balaban J connectivity index is 1.39. The van der Waals surface area contributed by atoms with Gasteiger partial charge in [-0.3, -0.25) is 4.57 Å². The molecule has 8 heteroatoms. The number of hydrogen-bond donors (Lipinski definition) is 1. The maximum atomic E-state index is 13.4. The van der Waals surface area contributed by atoms with Crippen molar-refractivity contribution in [2.24, 2.45) is 5.92 Å². The largest absolute Gasteiger partial charge is 0.356 e. The highest BCUT2D eigenvalue weighted by Gasteiger charge is 2.29. The van der Waals surface area contributed by atoms with Crippen molar-refractivity contribution < 1.29 is 4.39 Å². The maximum Gasteiger partial charge on any atom is 0.185 e. The zero-order chi connectivity index (χ0) is 20.9. The van der Waals surface area contributed by atoms with Crippen LogP contribution in [0.3, 0.4) is 0 Å². The summed E-state index contributed by atoms with van der Waals surface area (Å²) in [6, 6.07) is 10.9. The number of nitrogens with one attached hydrogen (secondary N) is 1. The van der Waals surface area contributed by atoms with Crippen LogP contribution in [-0.2, 0) is 6.54 Å². The molecule has 0 spiro atoms. The maximum absolute atomic E-state index is 13.4. The van der Waals surface area contributed by atoms with Crippen molar-refractivity contribution in [2.45, 2.75) is 6.54 Å². The molecule has 5 heterocycles. The Hall–Kier alpha value is -3.52. The molecule has 6 rings (SSSR count). The van der Waals surface area contributed by atoms with Crippen molar-refractivity contribution in [1.82, 2.24) is 29.6 Å². The Morgan fingerprint density at radius 3 is 2.77 bits per heavy atom. The lowest BCUT2D eigenvalue weighted by molar-refractivity contribution is 0.394. The molecule has 31 heavy (non-hydrogen) atoms. The van der Waals surface area contributed by atoms with E-state index in [0.717, 1.165) is 53.8 Å². The van der Waals surface area contributed by atoms with Gasteiger partial charge in [-0.1, -0.05) is 12.1 Å². The highest BCUT2D eigenvalue weighted by molar-refractivity contribution is 5.71. The van der Waals surface area contributed by atoms with Gasteiger partial charge in [0.2, 0.25) is 0 Å². The van der Waals surface area contributed by atoms with Crippen molar-refractivity contribution >= 4 is 5.82 Å². The third kappa shape index (κ3) is 3.02. The van der Waals surface area contributed by atoms with E-state index in [4.69, 9.17) is 4.98 Å². The summed E-state index contributed by atoms with van der Waals surface area (Å²) in [6.45, 7) is 3.78. The van der Waals surface area contributed by atoms with E-state index < -0.39 is 0 Å². The van der Waals surface area contributed by atoms with Gasteiger partial charge in [0.1, 0.15) is 18.0 Å². The number of benzene rings is 1. The van der Waals surface area contributed by atoms with E-state index in [-0.39, 0.29) is 5.82 Å². The fraction of sp³-hybridized carbons (Fsp3) is 0.261. The first-order chi connectivity index (χ1) is 15.2. The molecule has 0 unspecified atom stereocenters. The molecule has 2 aliphatic rings. The number of halogens is 1. The van der Waals surface area contributed by atoms with Gasteiger partial charge < -0.3 is 14.8 Å². The second kappa shape index (κ2) is 7.02. The van der Waals surface area contributed by atoms with Gasteiger partial charge in [0.25, 0.3) is 0 Å². The van der Waals surface area contributed by atoms with E-state index in [1.165, 1.54) is 17.7 Å². The molecular formula is C23H22FN7. The topological polar surface area (TPSA) is 63.8 Å². The molecule has 0 atom stereocenters. The van der Waals surface area contributed by atoms with Gasteiger partial charge in [-0.15, -0.1) is 10.2 Å². The molecule has 1 fully saturated rings. The van der Waals surface area contributed by atoms with Gasteiger partial charge >= 0.3 is 0 Å². The lowest BCUT2D eigenvalue weighted by atomic mass is 10.00. The van der Waals surface area contributed by atoms with E-state index in [9.17, 15) is 4.39 Å². The number of anilines is 1. The van der Waals surface area contributed by atoms with Crippen molar-refractivity contribution in [1.29, 1.82) is 0 Å². The minimum absolute atomic E-state index is 0.235. The molecule has 1 N–H and O–H groups in total. The van der Waals surface area contributed by atoms with Crippen molar-refractivity contribution in [3.8, 4) is 28.3 Å². The highest BCUT2D eigenvalue weighted by Crippen LogP contribution is 2.35. The Labute approximate surface area is 179 Å². The SMILES string of the molecule is CNCC1CN(c2cc3c(cn2)-n2cnnc2-c2cc(-c4ccc(F)cc4)cn2C3)C1. The Bertz CT molecular complexity index is 1250. The monoisotopic (exact) mass is 415 g/mol. The third-order valence-corrected chi connectivity index (χ3v) is 6.18. The molecule has 0 aliphatic carbocycles. The first kappa shape index (κ1) is 18.3. The van der Waals surface area contributed by atoms with Crippen molar-refractivity contribution in [3.63, 3.8) is 0 Å². The molecule has 2 aliphatic heterocycles. The van der Waals surface area contributed by atoms with Crippen molar-refractivity contribution in [2.75, 3.05) is 31.6 Å². The van der Waals surface area contributed by atoms with Gasteiger partial charge in [-0.2, -0.15) is 0 Å². The van der Waals surface area contributed by atoms with Crippen LogP contribution in [0, 0.1) is 11.7 Å². The molecule has 1 saturated heterocycles. The van der Waals surface area contributed by atoms with E-state index in [1.807, 2.05) is 17.8 Å². The first-order valence-electron chi connectivity index (χ1n) is 10.4. The quantitative estimate of drug-likeness (QED) is 0.489. The van der Waals surface area contributed by atoms with Crippen LogP contribution >= 0.6 is 0 Å². The minimum Gasteiger partial charge on any atom is -0.356 e. The summed E-state index contributed by atoms with van der Waals surface area (Å²) in [7, 11) is 1.99. The van der Waals surface area contributed by atoms with Gasteiger partial charge in [0.05, 0.1) is 17.6 Å². The van der Waals surface area contributed by atoms with Crippen LogP contribution in [0.2, 0.25) is 0 Å². The molecule has 0 bridgehead atoms. The lowest BCUT2D eigenvalue weighted by Crippen LogP contribution is -2.50. The predicted octanol–water partition coefficient (Wildman–Crippen LogP) is 2.95. The van der Waals surface area contributed by atoms with Gasteiger partial charge in [0.15, 0.2) is 5.82 Å². The van der Waals surface area contributed by atoms with Crippen LogP contribution in [0.4, 0.5) is 10.2 Å². The summed E-state index contributed by atoms with van der Waals surface area (Å²) < 4.78 is 17.6. The van der Waals surface area contributed by atoms with Crippen LogP contribution in [0.5, 0.6) is 0 Å². The van der Waals surface area contributed by atoms with Gasteiger partial charge in [0, 0.05) is 49.4 Å². The Morgan fingerprint density at radius 1 is 1.13 bits per heavy atom. The molecule has 156 valence electrons. The molecule has 7 nitrogen and oxygen atoms in total. The average molecular weight is 415 g/mol. The number of hydrogen-bond acceptors (Lipinski definition) is 5. The van der Waals surface area contributed by atoms with Crippen LogP contribution in [0.25, 0.3) is 28.3 Å². The smallest absolute Gasteiger partial charge is 0.185 e. The minimum atomic E-state index is -0.235. The zero-order valence-electron chi connectivity index (χ0n) is 17.2. The van der Waals surface area contributed by atoms with E-state index in [2.05, 4.69) is 43.3 Å².